The van der Waals surface area contributed by atoms with Gasteiger partial charge in [0.1, 0.15) is 0 Å². The molecule has 0 N–H and O–H groups in total. The van der Waals surface area contributed by atoms with E-state index in [1.54, 1.807) is 0 Å². The predicted molar refractivity (Wildman–Crippen MR) is 49.9 cm³/mol. The van der Waals surface area contributed by atoms with Gasteiger partial charge in [0.05, 0.1) is 0 Å². The van der Waals surface area contributed by atoms with E-state index in [9.17, 15) is 0 Å². The molecule has 11 heavy (non-hydrogen) atoms. The molecule has 0 amide bonds. The van der Waals surface area contributed by atoms with E-state index < -0.39 is 8.40 Å². The van der Waals surface area contributed by atoms with E-state index in [-0.39, 0.29) is 0 Å². The largest absolute Gasteiger partial charge is 0.315 e. The Morgan fingerprint density at radius 3 is 2.27 bits per heavy atom. The summed E-state index contributed by atoms with van der Waals surface area (Å²) in [7, 11) is 1.38. The Balaban J connectivity index is 2.02. The number of hydrogen-bond acceptors (Lipinski definition) is 2. The van der Waals surface area contributed by atoms with Gasteiger partial charge in [-0.15, -0.1) is 0 Å². The monoisotopic (exact) mass is 170 g/mol. The Morgan fingerprint density at radius 1 is 1.36 bits per heavy atom. The van der Waals surface area contributed by atoms with Gasteiger partial charge in [0.15, 0.2) is 0 Å². The van der Waals surface area contributed by atoms with E-state index in [2.05, 4.69) is 23.1 Å². The molecule has 0 aliphatic carbocycles. The summed E-state index contributed by atoms with van der Waals surface area (Å²) < 4.78 is 5.41. The highest BCUT2D eigenvalue weighted by atomic mass is 28.4. The summed E-state index contributed by atoms with van der Waals surface area (Å²) in [4.78, 5) is 0. The second-order valence-electron chi connectivity index (χ2n) is 3.84. The fourth-order valence-electron chi connectivity index (χ4n) is 2.19. The molecule has 0 spiro atoms. The minimum absolute atomic E-state index is 0.946. The third-order valence-electron chi connectivity index (χ3n) is 3.38. The zero-order chi connectivity index (χ0) is 7.90. The SMILES string of the molecule is CCN(C)[Si]1(N2CC2)CCC1. The van der Waals surface area contributed by atoms with Crippen LogP contribution in [-0.2, 0) is 0 Å². The van der Waals surface area contributed by atoms with Crippen LogP contribution in [0.2, 0.25) is 12.1 Å². The van der Waals surface area contributed by atoms with Gasteiger partial charge in [0, 0.05) is 13.1 Å². The smallest absolute Gasteiger partial charge is 0.206 e. The van der Waals surface area contributed by atoms with Gasteiger partial charge < -0.3 is 9.13 Å². The molecule has 0 atom stereocenters. The van der Waals surface area contributed by atoms with Gasteiger partial charge in [0.25, 0.3) is 0 Å². The first-order valence-electron chi connectivity index (χ1n) is 4.76. The Kier molecular flexibility index (Phi) is 1.82. The lowest BCUT2D eigenvalue weighted by Crippen LogP contribution is -2.62. The standard InChI is InChI=1S/C8H18N2Si/c1-3-9(2)11(7-4-8-11)10-5-6-10/h3-8H2,1-2H3. The van der Waals surface area contributed by atoms with Crippen molar-refractivity contribution in [1.29, 1.82) is 0 Å². The third kappa shape index (κ3) is 1.06. The first kappa shape index (κ1) is 7.77. The van der Waals surface area contributed by atoms with Gasteiger partial charge in [-0.05, 0) is 25.7 Å². The Labute approximate surface area is 70.3 Å². The maximum atomic E-state index is 2.75. The van der Waals surface area contributed by atoms with Crippen molar-refractivity contribution in [2.45, 2.75) is 25.4 Å². The van der Waals surface area contributed by atoms with Gasteiger partial charge in [0.2, 0.25) is 8.40 Å². The number of hydrogen-bond donors (Lipinski definition) is 0. The summed E-state index contributed by atoms with van der Waals surface area (Å²) in [5.41, 5.74) is 0. The molecule has 2 aliphatic rings. The Hall–Kier alpha value is 0.137. The average Bonchev–Trinajstić information content (AvgIpc) is 2.68. The quantitative estimate of drug-likeness (QED) is 0.462. The van der Waals surface area contributed by atoms with Crippen LogP contribution < -0.4 is 0 Å². The summed E-state index contributed by atoms with van der Waals surface area (Å²) in [6, 6.07) is 3.08. The van der Waals surface area contributed by atoms with Crippen molar-refractivity contribution in [1.82, 2.24) is 9.13 Å². The van der Waals surface area contributed by atoms with Crippen LogP contribution in [0.1, 0.15) is 13.3 Å². The molecule has 2 nitrogen and oxygen atoms in total. The lowest BCUT2D eigenvalue weighted by molar-refractivity contribution is 0.449. The van der Waals surface area contributed by atoms with Crippen LogP contribution in [0.15, 0.2) is 0 Å². The maximum Gasteiger partial charge on any atom is 0.206 e. The molecule has 2 rings (SSSR count). The summed E-state index contributed by atoms with van der Waals surface area (Å²) in [5.74, 6) is 0. The molecular formula is C8H18N2Si. The Morgan fingerprint density at radius 2 is 2.00 bits per heavy atom. The molecule has 2 fully saturated rings. The van der Waals surface area contributed by atoms with E-state index in [0.717, 1.165) is 0 Å². The normalized spacial score (nSPS) is 28.6. The second kappa shape index (κ2) is 2.57. The molecule has 3 heteroatoms. The fourth-order valence-corrected chi connectivity index (χ4v) is 6.58. The van der Waals surface area contributed by atoms with E-state index in [1.165, 1.54) is 38.1 Å². The predicted octanol–water partition coefficient (Wildman–Crippen LogP) is 1.10. The summed E-state index contributed by atoms with van der Waals surface area (Å²) in [6.45, 7) is 6.34. The van der Waals surface area contributed by atoms with Crippen molar-refractivity contribution >= 4 is 8.40 Å². The van der Waals surface area contributed by atoms with Crippen LogP contribution >= 0.6 is 0 Å². The van der Waals surface area contributed by atoms with Crippen LogP contribution in [-0.4, -0.2) is 44.2 Å². The zero-order valence-corrected chi connectivity index (χ0v) is 8.64. The minimum Gasteiger partial charge on any atom is -0.315 e. The molecule has 2 aliphatic heterocycles. The maximum absolute atomic E-state index is 2.75. The van der Waals surface area contributed by atoms with Gasteiger partial charge in [-0.2, -0.15) is 0 Å². The van der Waals surface area contributed by atoms with Crippen LogP contribution in [0.4, 0.5) is 0 Å². The van der Waals surface area contributed by atoms with Crippen molar-refractivity contribution in [3.63, 3.8) is 0 Å². The first-order chi connectivity index (χ1) is 5.29. The number of nitrogens with zero attached hydrogens (tertiary/aromatic N) is 2. The van der Waals surface area contributed by atoms with Crippen LogP contribution in [0.25, 0.3) is 0 Å². The topological polar surface area (TPSA) is 6.25 Å². The van der Waals surface area contributed by atoms with Gasteiger partial charge in [-0.25, -0.2) is 0 Å². The zero-order valence-electron chi connectivity index (χ0n) is 7.64. The number of rotatable bonds is 3. The molecule has 0 radical (unpaired) electrons. The molecule has 2 heterocycles. The lowest BCUT2D eigenvalue weighted by Gasteiger charge is -2.47. The van der Waals surface area contributed by atoms with Crippen LogP contribution in [0.5, 0.6) is 0 Å². The molecule has 2 saturated heterocycles. The van der Waals surface area contributed by atoms with Gasteiger partial charge in [-0.1, -0.05) is 13.3 Å². The van der Waals surface area contributed by atoms with Gasteiger partial charge in [-0.3, -0.25) is 0 Å². The molecule has 0 aromatic carbocycles. The fraction of sp³-hybridized carbons (Fsp3) is 1.00. The van der Waals surface area contributed by atoms with Crippen LogP contribution in [0, 0.1) is 0 Å². The highest BCUT2D eigenvalue weighted by Crippen LogP contribution is 2.40. The Bertz CT molecular complexity index is 152. The first-order valence-corrected chi connectivity index (χ1v) is 7.07. The molecule has 64 valence electrons. The molecule has 0 aromatic rings. The highest BCUT2D eigenvalue weighted by Gasteiger charge is 2.52. The average molecular weight is 170 g/mol. The lowest BCUT2D eigenvalue weighted by atomic mass is 10.5. The summed E-state index contributed by atoms with van der Waals surface area (Å²) in [6.07, 6.45) is 1.49. The van der Waals surface area contributed by atoms with E-state index >= 15 is 0 Å². The molecule has 0 saturated carbocycles. The minimum atomic E-state index is -0.946. The van der Waals surface area contributed by atoms with Crippen molar-refractivity contribution in [3.05, 3.63) is 0 Å². The molecular weight excluding hydrogens is 152 g/mol. The van der Waals surface area contributed by atoms with E-state index in [0.29, 0.717) is 0 Å². The molecule has 0 bridgehead atoms. The van der Waals surface area contributed by atoms with Crippen molar-refractivity contribution in [3.8, 4) is 0 Å². The van der Waals surface area contributed by atoms with Crippen molar-refractivity contribution < 1.29 is 0 Å². The van der Waals surface area contributed by atoms with E-state index in [4.69, 9.17) is 0 Å². The summed E-state index contributed by atoms with van der Waals surface area (Å²) in [5, 5.41) is 0. The highest BCUT2D eigenvalue weighted by molar-refractivity contribution is 6.77. The van der Waals surface area contributed by atoms with Crippen molar-refractivity contribution in [2.24, 2.45) is 0 Å². The second-order valence-corrected chi connectivity index (χ2v) is 8.20. The molecule has 0 aromatic heterocycles. The van der Waals surface area contributed by atoms with Gasteiger partial charge >= 0.3 is 0 Å². The van der Waals surface area contributed by atoms with E-state index in [1.807, 2.05) is 0 Å². The van der Waals surface area contributed by atoms with Crippen LogP contribution in [0.3, 0.4) is 0 Å². The molecule has 0 unspecified atom stereocenters. The summed E-state index contributed by atoms with van der Waals surface area (Å²) >= 11 is 0. The third-order valence-corrected chi connectivity index (χ3v) is 9.05. The van der Waals surface area contributed by atoms with Crippen molar-refractivity contribution in [2.75, 3.05) is 26.7 Å².